The molecule has 2 nitrogen and oxygen atoms in total. The van der Waals surface area contributed by atoms with E-state index in [0.717, 1.165) is 0 Å². The molecule has 0 aliphatic rings. The molecule has 0 saturated heterocycles. The van der Waals surface area contributed by atoms with Crippen LogP contribution in [0, 0.1) is 0 Å². The summed E-state index contributed by atoms with van der Waals surface area (Å²) in [7, 11) is 0. The van der Waals surface area contributed by atoms with Gasteiger partial charge in [-0.2, -0.15) is 0 Å². The van der Waals surface area contributed by atoms with Gasteiger partial charge in [-0.3, -0.25) is 0 Å². The quantitative estimate of drug-likeness (QED) is 0.578. The number of aliphatic carboxylic acids is 1. The molecular formula is C12H15KO2. The van der Waals surface area contributed by atoms with Crippen molar-refractivity contribution in [3.63, 3.8) is 0 Å². The minimum Gasteiger partial charge on any atom is -1.00 e. The molecule has 0 spiro atoms. The van der Waals surface area contributed by atoms with Gasteiger partial charge in [-0.05, 0) is 12.5 Å². The minimum absolute atomic E-state index is 0. The number of carbonyl (C=O) groups is 1. The number of benzene rings is 1. The van der Waals surface area contributed by atoms with Gasteiger partial charge in [-0.1, -0.05) is 49.6 Å². The van der Waals surface area contributed by atoms with Gasteiger partial charge >= 0.3 is 57.4 Å². The van der Waals surface area contributed by atoms with E-state index in [1.54, 1.807) is 0 Å². The van der Waals surface area contributed by atoms with Gasteiger partial charge in [0.05, 0.1) is 0 Å². The third-order valence-electron chi connectivity index (χ3n) is 1.40. The Balaban J connectivity index is -0.000000195. The maximum absolute atomic E-state index is 9.60. The van der Waals surface area contributed by atoms with E-state index in [4.69, 9.17) is 5.11 Å². The molecule has 0 aliphatic carbocycles. The smallest absolute Gasteiger partial charge is 1.00 e. The van der Waals surface area contributed by atoms with Crippen LogP contribution in [0.25, 0.3) is 6.08 Å². The van der Waals surface area contributed by atoms with E-state index in [1.165, 1.54) is 12.5 Å². The molecule has 0 bridgehead atoms. The van der Waals surface area contributed by atoms with Crippen LogP contribution in [0.5, 0.6) is 0 Å². The molecule has 0 aliphatic heterocycles. The SMILES string of the molecule is C=C(C)C(=O)O.C=Cc1ccccc1.[H-].[K+]. The average Bonchev–Trinajstić information content (AvgIpc) is 2.20. The first kappa shape index (κ1) is 17.2. The topological polar surface area (TPSA) is 37.3 Å². The monoisotopic (exact) mass is 230 g/mol. The van der Waals surface area contributed by atoms with Gasteiger partial charge in [0.1, 0.15) is 0 Å². The zero-order valence-electron chi connectivity index (χ0n) is 10.2. The first-order valence-corrected chi connectivity index (χ1v) is 4.14. The fourth-order valence-electron chi connectivity index (χ4n) is 0.589. The molecule has 76 valence electrons. The molecule has 1 rings (SSSR count). The first-order chi connectivity index (χ1) is 6.57. The van der Waals surface area contributed by atoms with Crippen LogP contribution in [0.4, 0.5) is 0 Å². The second kappa shape index (κ2) is 10.3. The Labute approximate surface area is 135 Å². The van der Waals surface area contributed by atoms with Gasteiger partial charge in [0.2, 0.25) is 0 Å². The molecule has 15 heavy (non-hydrogen) atoms. The van der Waals surface area contributed by atoms with Gasteiger partial charge in [0.15, 0.2) is 0 Å². The van der Waals surface area contributed by atoms with Gasteiger partial charge in [-0.15, -0.1) is 0 Å². The van der Waals surface area contributed by atoms with Crippen LogP contribution in [0.15, 0.2) is 49.1 Å². The average molecular weight is 230 g/mol. The van der Waals surface area contributed by atoms with Crippen LogP contribution in [-0.4, -0.2) is 11.1 Å². The molecule has 0 radical (unpaired) electrons. The van der Waals surface area contributed by atoms with Crippen molar-refractivity contribution < 1.29 is 62.7 Å². The Morgan fingerprint density at radius 1 is 1.40 bits per heavy atom. The number of rotatable bonds is 2. The summed E-state index contributed by atoms with van der Waals surface area (Å²) in [4.78, 5) is 9.60. The zero-order valence-corrected chi connectivity index (χ0v) is 12.4. The van der Waals surface area contributed by atoms with Crippen molar-refractivity contribution in [2.24, 2.45) is 0 Å². The van der Waals surface area contributed by atoms with Crippen LogP contribution < -0.4 is 51.4 Å². The second-order valence-corrected chi connectivity index (χ2v) is 2.70. The molecule has 0 saturated carbocycles. The summed E-state index contributed by atoms with van der Waals surface area (Å²) in [5.41, 5.74) is 1.35. The van der Waals surface area contributed by atoms with Gasteiger partial charge in [0.25, 0.3) is 0 Å². The summed E-state index contributed by atoms with van der Waals surface area (Å²) in [5, 5.41) is 7.89. The minimum atomic E-state index is -0.935. The Morgan fingerprint density at radius 3 is 2.00 bits per heavy atom. The van der Waals surface area contributed by atoms with Crippen LogP contribution in [-0.2, 0) is 4.79 Å². The van der Waals surface area contributed by atoms with Crippen molar-refractivity contribution in [2.45, 2.75) is 6.92 Å². The predicted octanol–water partition coefficient (Wildman–Crippen LogP) is 0.0932. The number of hydrogen-bond donors (Lipinski definition) is 1. The van der Waals surface area contributed by atoms with E-state index in [9.17, 15) is 4.79 Å². The Kier molecular flexibility index (Phi) is 11.8. The molecule has 0 atom stereocenters. The van der Waals surface area contributed by atoms with Crippen molar-refractivity contribution >= 4 is 12.0 Å². The largest absolute Gasteiger partial charge is 1.00 e. The zero-order chi connectivity index (χ0) is 11.0. The number of carboxylic acids is 1. The van der Waals surface area contributed by atoms with Crippen LogP contribution in [0.2, 0.25) is 0 Å². The maximum Gasteiger partial charge on any atom is 1.00 e. The fraction of sp³-hybridized carbons (Fsp3) is 0.0833. The van der Waals surface area contributed by atoms with Crippen molar-refractivity contribution in [1.29, 1.82) is 0 Å². The molecule has 1 N–H and O–H groups in total. The first-order valence-electron chi connectivity index (χ1n) is 4.14. The van der Waals surface area contributed by atoms with Crippen molar-refractivity contribution in [1.82, 2.24) is 0 Å². The molecule has 0 heterocycles. The maximum atomic E-state index is 9.60. The Bertz CT molecular complexity index is 311. The fourth-order valence-corrected chi connectivity index (χ4v) is 0.589. The standard InChI is InChI=1S/C8H8.C4H6O2.K.H/c1-2-8-6-4-3-5-7-8;1-3(2)4(5)6;;/h2-7H,1H2;1H2,2H3,(H,5,6);;/q;;+1;-1. The van der Waals surface area contributed by atoms with Gasteiger partial charge in [-0.25, -0.2) is 4.79 Å². The third-order valence-corrected chi connectivity index (χ3v) is 1.40. The molecule has 0 unspecified atom stereocenters. The molecule has 1 aromatic rings. The van der Waals surface area contributed by atoms with Crippen molar-refractivity contribution in [2.75, 3.05) is 0 Å². The summed E-state index contributed by atoms with van der Waals surface area (Å²) in [6.45, 7) is 8.23. The van der Waals surface area contributed by atoms with Crippen LogP contribution in [0.3, 0.4) is 0 Å². The second-order valence-electron chi connectivity index (χ2n) is 2.70. The Morgan fingerprint density at radius 2 is 1.80 bits per heavy atom. The molecule has 3 heteroatoms. The number of hydrogen-bond acceptors (Lipinski definition) is 1. The predicted molar refractivity (Wildman–Crippen MR) is 60.1 cm³/mol. The van der Waals surface area contributed by atoms with E-state index < -0.39 is 5.97 Å². The van der Waals surface area contributed by atoms with Crippen molar-refractivity contribution in [3.8, 4) is 0 Å². The summed E-state index contributed by atoms with van der Waals surface area (Å²) in [6.07, 6.45) is 1.83. The third kappa shape index (κ3) is 10.1. The van der Waals surface area contributed by atoms with E-state index >= 15 is 0 Å². The molecule has 1 aromatic carbocycles. The summed E-state index contributed by atoms with van der Waals surface area (Å²) < 4.78 is 0. The summed E-state index contributed by atoms with van der Waals surface area (Å²) >= 11 is 0. The Hall–Kier alpha value is -0.194. The number of carboxylic acid groups (broad SMARTS) is 1. The van der Waals surface area contributed by atoms with Crippen LogP contribution in [0.1, 0.15) is 13.9 Å². The summed E-state index contributed by atoms with van der Waals surface area (Å²) in [6, 6.07) is 10.0. The van der Waals surface area contributed by atoms with E-state index in [1.807, 2.05) is 36.4 Å². The van der Waals surface area contributed by atoms with E-state index in [-0.39, 0.29) is 58.4 Å². The molecule has 0 aromatic heterocycles. The molecule has 0 fully saturated rings. The summed E-state index contributed by atoms with van der Waals surface area (Å²) in [5.74, 6) is -0.935. The normalized spacial score (nSPS) is 7.53. The molecular weight excluding hydrogens is 215 g/mol. The van der Waals surface area contributed by atoms with E-state index in [2.05, 4.69) is 13.2 Å². The molecule has 0 amide bonds. The van der Waals surface area contributed by atoms with Gasteiger partial charge in [0, 0.05) is 5.57 Å². The van der Waals surface area contributed by atoms with Crippen molar-refractivity contribution in [3.05, 3.63) is 54.6 Å². The van der Waals surface area contributed by atoms with E-state index in [0.29, 0.717) is 0 Å². The van der Waals surface area contributed by atoms with Crippen LogP contribution >= 0.6 is 0 Å². The van der Waals surface area contributed by atoms with Gasteiger partial charge < -0.3 is 6.53 Å².